The van der Waals surface area contributed by atoms with Gasteiger partial charge in [-0.15, -0.1) is 10.2 Å². The molecule has 1 rings (SSSR count). The molecule has 1 aromatic heterocycles. The van der Waals surface area contributed by atoms with E-state index in [1.807, 2.05) is 0 Å². The first kappa shape index (κ1) is 17.1. The Labute approximate surface area is 130 Å². The fourth-order valence-corrected chi connectivity index (χ4v) is 1.89. The predicted molar refractivity (Wildman–Crippen MR) is 60.8 cm³/mol. The van der Waals surface area contributed by atoms with E-state index in [9.17, 15) is 13.2 Å². The third-order valence-corrected chi connectivity index (χ3v) is 3.37. The molecule has 0 saturated carbocycles. The first-order chi connectivity index (χ1) is 7.37. The van der Waals surface area contributed by atoms with Gasteiger partial charge in [-0.1, -0.05) is 11.6 Å². The van der Waals surface area contributed by atoms with Gasteiger partial charge in [-0.25, -0.2) is 0 Å². The van der Waals surface area contributed by atoms with Gasteiger partial charge in [0.25, 0.3) is 0 Å². The maximum Gasteiger partial charge on any atom is 1.00 e. The Morgan fingerprint density at radius 2 is 2.18 bits per heavy atom. The zero-order chi connectivity index (χ0) is 12.2. The maximum absolute atomic E-state index is 11.1. The molecule has 1 heterocycles. The minimum Gasteiger partial charge on any atom is -1.00 e. The van der Waals surface area contributed by atoms with Gasteiger partial charge in [0.1, 0.15) is 0 Å². The predicted octanol–water partition coefficient (Wildman–Crippen LogP) is -2.28. The molecule has 17 heavy (non-hydrogen) atoms. The van der Waals surface area contributed by atoms with Crippen molar-refractivity contribution < 1.29 is 48.7 Å². The van der Waals surface area contributed by atoms with Crippen molar-refractivity contribution in [3.8, 4) is 0 Å². The van der Waals surface area contributed by atoms with Crippen molar-refractivity contribution >= 4 is 43.3 Å². The number of halogens is 1. The van der Waals surface area contributed by atoms with E-state index >= 15 is 0 Å². The van der Waals surface area contributed by atoms with Crippen molar-refractivity contribution in [2.24, 2.45) is 0 Å². The zero-order valence-corrected chi connectivity index (χ0v) is 13.0. The van der Waals surface area contributed by atoms with Gasteiger partial charge in [-0.3, -0.25) is 9.35 Å². The van der Waals surface area contributed by atoms with Gasteiger partial charge in [-0.2, -0.15) is 8.42 Å². The number of hydrogen-bond donors (Lipinski definition) is 2. The van der Waals surface area contributed by atoms with Gasteiger partial charge in [0, 0.05) is 10.8 Å². The van der Waals surface area contributed by atoms with Crippen LogP contribution in [0.25, 0.3) is 0 Å². The number of rotatable bonds is 4. The molecule has 0 aliphatic rings. The van der Waals surface area contributed by atoms with Gasteiger partial charge in [0.15, 0.2) is 11.0 Å². The first-order valence-electron chi connectivity index (χ1n) is 3.78. The van der Waals surface area contributed by atoms with Crippen LogP contribution in [0.3, 0.4) is 0 Å². The third-order valence-electron chi connectivity index (χ3n) is 1.24. The van der Waals surface area contributed by atoms with Crippen LogP contribution >= 0.6 is 22.4 Å². The summed E-state index contributed by atoms with van der Waals surface area (Å²) < 4.78 is 29.0. The van der Waals surface area contributed by atoms with Gasteiger partial charge >= 0.3 is 38.7 Å². The van der Waals surface area contributed by atoms with E-state index in [4.69, 9.17) is 16.2 Å². The third kappa shape index (κ3) is 7.92. The fraction of sp³-hybridized carbons (Fsp3) is 0.167. The van der Waals surface area contributed by atoms with E-state index < -0.39 is 20.8 Å². The van der Waals surface area contributed by atoms with Crippen LogP contribution in [0.4, 0.5) is 5.82 Å². The van der Waals surface area contributed by atoms with Crippen LogP contribution < -0.4 is 34.9 Å². The van der Waals surface area contributed by atoms with Gasteiger partial charge < -0.3 is 6.74 Å². The maximum atomic E-state index is 11.1. The number of hydrogen-bond acceptors (Lipinski definition) is 6. The molecule has 0 spiro atoms. The molecule has 7 nitrogen and oxygen atoms in total. The van der Waals surface area contributed by atoms with Crippen LogP contribution in [-0.4, -0.2) is 34.8 Å². The molecule has 0 unspecified atom stereocenters. The SMILES string of the molecule is O=C(CSS(=O)(=O)O)Nc1ccc(Cl)nn1.[H-].[Na+]. The van der Waals surface area contributed by atoms with E-state index in [-0.39, 0.29) is 52.7 Å². The first-order valence-corrected chi connectivity index (χ1v) is 7.10. The second-order valence-electron chi connectivity index (χ2n) is 2.48. The minimum atomic E-state index is -4.22. The van der Waals surface area contributed by atoms with Gasteiger partial charge in [0.2, 0.25) is 5.91 Å². The summed E-state index contributed by atoms with van der Waals surface area (Å²) in [5.41, 5.74) is 0. The van der Waals surface area contributed by atoms with Crippen molar-refractivity contribution in [1.29, 1.82) is 0 Å². The topological polar surface area (TPSA) is 109 Å². The average molecular weight is 308 g/mol. The molecule has 0 aromatic carbocycles. The van der Waals surface area contributed by atoms with E-state index in [0.29, 0.717) is 0 Å². The molecule has 11 heteroatoms. The fourth-order valence-electron chi connectivity index (χ4n) is 0.690. The minimum absolute atomic E-state index is 0. The van der Waals surface area contributed by atoms with E-state index in [1.165, 1.54) is 12.1 Å². The van der Waals surface area contributed by atoms with E-state index in [1.54, 1.807) is 0 Å². The van der Waals surface area contributed by atoms with Crippen LogP contribution in [0, 0.1) is 0 Å². The summed E-state index contributed by atoms with van der Waals surface area (Å²) in [5, 5.41) is 9.44. The summed E-state index contributed by atoms with van der Waals surface area (Å²) in [5.74, 6) is -0.923. The molecule has 0 fully saturated rings. The Bertz CT molecular complexity index is 486. The summed E-state index contributed by atoms with van der Waals surface area (Å²) in [7, 11) is -4.11. The number of carbonyl (C=O) groups excluding carboxylic acids is 1. The normalized spacial score (nSPS) is 10.5. The molecule has 0 bridgehead atoms. The molecule has 0 radical (unpaired) electrons. The summed E-state index contributed by atoms with van der Waals surface area (Å²) in [6.07, 6.45) is 0. The van der Waals surface area contributed by atoms with Crippen molar-refractivity contribution in [3.05, 3.63) is 17.3 Å². The Balaban J connectivity index is 0. The Morgan fingerprint density at radius 3 is 2.65 bits per heavy atom. The van der Waals surface area contributed by atoms with Crippen LogP contribution in [-0.2, 0) is 13.9 Å². The number of carbonyl (C=O) groups is 1. The molecular weight excluding hydrogens is 301 g/mol. The smallest absolute Gasteiger partial charge is 1.00 e. The molecule has 0 aliphatic heterocycles. The summed E-state index contributed by atoms with van der Waals surface area (Å²) in [4.78, 5) is 11.1. The van der Waals surface area contributed by atoms with Gasteiger partial charge in [0.05, 0.1) is 5.75 Å². The molecule has 1 aromatic rings. The van der Waals surface area contributed by atoms with Crippen LogP contribution in [0.5, 0.6) is 0 Å². The zero-order valence-electron chi connectivity index (χ0n) is 9.62. The van der Waals surface area contributed by atoms with Crippen molar-refractivity contribution in [2.75, 3.05) is 11.1 Å². The molecule has 1 amide bonds. The second kappa shape index (κ2) is 7.52. The summed E-state index contributed by atoms with van der Waals surface area (Å²) in [6.45, 7) is 0. The van der Waals surface area contributed by atoms with Crippen LogP contribution in [0.2, 0.25) is 5.15 Å². The van der Waals surface area contributed by atoms with E-state index in [0.717, 1.165) is 0 Å². The van der Waals surface area contributed by atoms with Crippen molar-refractivity contribution in [1.82, 2.24) is 10.2 Å². The Kier molecular flexibility index (Phi) is 7.56. The number of nitrogens with one attached hydrogen (secondary N) is 1. The quantitative estimate of drug-likeness (QED) is 0.366. The summed E-state index contributed by atoms with van der Waals surface area (Å²) >= 11 is 5.47. The average Bonchev–Trinajstić information content (AvgIpc) is 2.18. The monoisotopic (exact) mass is 307 g/mol. The molecule has 0 aliphatic carbocycles. The number of amides is 1. The summed E-state index contributed by atoms with van der Waals surface area (Å²) in [6, 6.07) is 2.82. The van der Waals surface area contributed by atoms with Gasteiger partial charge in [-0.05, 0) is 12.1 Å². The van der Waals surface area contributed by atoms with Crippen LogP contribution in [0.1, 0.15) is 1.43 Å². The largest absolute Gasteiger partial charge is 1.00 e. The molecule has 2 N–H and O–H groups in total. The van der Waals surface area contributed by atoms with Crippen molar-refractivity contribution in [2.45, 2.75) is 0 Å². The molecular formula is C6H7ClN3NaO4S2. The standard InChI is InChI=1S/C6H6ClN3O4S2.Na.H/c7-4-1-2-5(10-9-4)8-6(11)3-15-16(12,13)14;;/h1-2H,3H2,(H,8,10,11)(H,12,13,14);;/q;+1;-1. The Hall–Kier alpha value is 0.1000. The number of aromatic nitrogens is 2. The molecule has 0 saturated heterocycles. The Morgan fingerprint density at radius 1 is 1.53 bits per heavy atom. The molecule has 90 valence electrons. The number of anilines is 1. The van der Waals surface area contributed by atoms with E-state index in [2.05, 4.69) is 15.5 Å². The van der Waals surface area contributed by atoms with Crippen molar-refractivity contribution in [3.63, 3.8) is 0 Å². The van der Waals surface area contributed by atoms with Crippen LogP contribution in [0.15, 0.2) is 12.1 Å². The molecule has 0 atom stereocenters. The number of nitrogens with zero attached hydrogens (tertiary/aromatic N) is 2. The second-order valence-corrected chi connectivity index (χ2v) is 6.22.